The van der Waals surface area contributed by atoms with Crippen molar-refractivity contribution in [3.63, 3.8) is 0 Å². The summed E-state index contributed by atoms with van der Waals surface area (Å²) in [4.78, 5) is 14.7. The molecular weight excluding hydrogens is 422 g/mol. The molecule has 0 bridgehead atoms. The molecule has 1 heterocycles. The second-order valence-corrected chi connectivity index (χ2v) is 8.12. The van der Waals surface area contributed by atoms with Gasteiger partial charge in [0.05, 0.1) is 11.1 Å². The summed E-state index contributed by atoms with van der Waals surface area (Å²) >= 11 is 0. The molecule has 31 heavy (non-hydrogen) atoms. The van der Waals surface area contributed by atoms with Crippen molar-refractivity contribution in [2.45, 2.75) is 25.4 Å². The van der Waals surface area contributed by atoms with Crippen LogP contribution in [0.4, 0.5) is 26.3 Å². The van der Waals surface area contributed by atoms with Crippen molar-refractivity contribution in [2.24, 2.45) is 17.8 Å². The summed E-state index contributed by atoms with van der Waals surface area (Å²) < 4.78 is 78.0. The molecule has 9 heteroatoms. The molecule has 0 radical (unpaired) electrons. The zero-order chi connectivity index (χ0) is 22.4. The molecule has 1 unspecified atom stereocenters. The van der Waals surface area contributed by atoms with Crippen LogP contribution < -0.4 is 5.32 Å². The Hall–Kier alpha value is -2.55. The predicted octanol–water partition coefficient (Wildman–Crippen LogP) is 4.72. The van der Waals surface area contributed by atoms with Gasteiger partial charge in [0.15, 0.2) is 0 Å². The average Bonchev–Trinajstić information content (AvgIpc) is 3.20. The minimum absolute atomic E-state index is 0.0921. The normalized spacial score (nSPS) is 23.5. The molecule has 1 aliphatic carbocycles. The molecule has 1 amide bonds. The number of nitrogens with one attached hydrogen (secondary N) is 1. The fourth-order valence-electron chi connectivity index (χ4n) is 4.44. The van der Waals surface area contributed by atoms with E-state index in [1.165, 1.54) is 5.56 Å². The Morgan fingerprint density at radius 1 is 0.935 bits per heavy atom. The van der Waals surface area contributed by atoms with Gasteiger partial charge < -0.3 is 5.32 Å². The Labute approximate surface area is 175 Å². The lowest BCUT2D eigenvalue weighted by atomic mass is 10.0. The molecule has 2 aromatic rings. The first-order valence-corrected chi connectivity index (χ1v) is 9.85. The van der Waals surface area contributed by atoms with Crippen LogP contribution in [0.25, 0.3) is 0 Å². The van der Waals surface area contributed by atoms with Gasteiger partial charge >= 0.3 is 12.4 Å². The van der Waals surface area contributed by atoms with Crippen molar-refractivity contribution < 1.29 is 31.1 Å². The third kappa shape index (κ3) is 4.71. The van der Waals surface area contributed by atoms with Crippen LogP contribution in [0, 0.1) is 17.8 Å². The van der Waals surface area contributed by atoms with Crippen molar-refractivity contribution >= 4 is 5.91 Å². The monoisotopic (exact) mass is 442 g/mol. The SMILES string of the molecule is O=C(NCc1ccc(C(F)(F)F)cc1C(F)(F)F)C1[C@H]2CN(Cc3ccccc3)C[C@@H]12. The molecule has 4 rings (SSSR count). The molecule has 0 aromatic heterocycles. The smallest absolute Gasteiger partial charge is 0.352 e. The maximum Gasteiger partial charge on any atom is 0.416 e. The van der Waals surface area contributed by atoms with Gasteiger partial charge in [0, 0.05) is 32.1 Å². The maximum atomic E-state index is 13.2. The van der Waals surface area contributed by atoms with Crippen LogP contribution in [-0.2, 0) is 30.2 Å². The zero-order valence-electron chi connectivity index (χ0n) is 16.3. The summed E-state index contributed by atoms with van der Waals surface area (Å²) in [6.07, 6.45) is -9.83. The number of benzene rings is 2. The highest BCUT2D eigenvalue weighted by Crippen LogP contribution is 2.52. The van der Waals surface area contributed by atoms with Gasteiger partial charge in [-0.2, -0.15) is 26.3 Å². The number of carbonyl (C=O) groups is 1. The molecule has 1 aliphatic heterocycles. The first-order valence-electron chi connectivity index (χ1n) is 9.85. The summed E-state index contributed by atoms with van der Waals surface area (Å²) in [5.74, 6) is -0.269. The first kappa shape index (κ1) is 21.7. The highest BCUT2D eigenvalue weighted by molar-refractivity contribution is 5.82. The van der Waals surface area contributed by atoms with E-state index in [0.717, 1.165) is 25.7 Å². The number of rotatable bonds is 5. The van der Waals surface area contributed by atoms with Crippen molar-refractivity contribution in [3.05, 3.63) is 70.8 Å². The number of nitrogens with zero attached hydrogens (tertiary/aromatic N) is 1. The van der Waals surface area contributed by atoms with E-state index in [1.807, 2.05) is 30.3 Å². The lowest BCUT2D eigenvalue weighted by Gasteiger charge is -2.20. The van der Waals surface area contributed by atoms with E-state index in [1.54, 1.807) is 0 Å². The van der Waals surface area contributed by atoms with Gasteiger partial charge in [-0.15, -0.1) is 0 Å². The molecular formula is C22H20F6N2O. The third-order valence-electron chi connectivity index (χ3n) is 6.02. The number of carbonyl (C=O) groups excluding carboxylic acids is 1. The van der Waals surface area contributed by atoms with E-state index in [4.69, 9.17) is 0 Å². The van der Waals surface area contributed by atoms with E-state index in [0.29, 0.717) is 6.07 Å². The Balaban J connectivity index is 1.34. The predicted molar refractivity (Wildman–Crippen MR) is 100 cm³/mol. The molecule has 2 aliphatic rings. The van der Waals surface area contributed by atoms with Crippen LogP contribution in [0.15, 0.2) is 48.5 Å². The second kappa shape index (κ2) is 7.85. The van der Waals surface area contributed by atoms with E-state index in [9.17, 15) is 31.1 Å². The fraction of sp³-hybridized carbons (Fsp3) is 0.409. The zero-order valence-corrected chi connectivity index (χ0v) is 16.3. The molecule has 1 saturated carbocycles. The summed E-state index contributed by atoms with van der Waals surface area (Å²) in [5.41, 5.74) is -1.96. The number of amides is 1. The molecule has 1 saturated heterocycles. The van der Waals surface area contributed by atoms with E-state index in [-0.39, 0.29) is 35.3 Å². The van der Waals surface area contributed by atoms with Gasteiger partial charge in [-0.05, 0) is 35.1 Å². The summed E-state index contributed by atoms with van der Waals surface area (Å²) in [6.45, 7) is 1.80. The summed E-state index contributed by atoms with van der Waals surface area (Å²) in [6, 6.07) is 11.4. The number of hydrogen-bond donors (Lipinski definition) is 1. The van der Waals surface area contributed by atoms with E-state index >= 15 is 0 Å². The Morgan fingerprint density at radius 2 is 1.58 bits per heavy atom. The standard InChI is InChI=1S/C22H20F6N2O/c23-21(24,25)15-7-6-14(18(8-15)22(26,27)28)9-29-20(31)19-16-11-30(12-17(16)19)10-13-4-2-1-3-5-13/h1-8,16-17,19H,9-12H2,(H,29,31)/t16-,17+,19?. The Morgan fingerprint density at radius 3 is 2.16 bits per heavy atom. The Kier molecular flexibility index (Phi) is 5.49. The highest BCUT2D eigenvalue weighted by atomic mass is 19.4. The van der Waals surface area contributed by atoms with Crippen molar-refractivity contribution in [1.82, 2.24) is 10.2 Å². The first-order chi connectivity index (χ1) is 14.5. The molecule has 1 N–H and O–H groups in total. The van der Waals surface area contributed by atoms with Gasteiger partial charge in [-0.1, -0.05) is 36.4 Å². The minimum Gasteiger partial charge on any atom is -0.352 e. The van der Waals surface area contributed by atoms with E-state index < -0.39 is 30.0 Å². The molecule has 3 atom stereocenters. The summed E-state index contributed by atoms with van der Waals surface area (Å²) in [5, 5.41) is 2.49. The Bertz CT molecular complexity index is 945. The van der Waals surface area contributed by atoms with Crippen LogP contribution in [0.3, 0.4) is 0 Å². The third-order valence-corrected chi connectivity index (χ3v) is 6.02. The van der Waals surface area contributed by atoms with Gasteiger partial charge in [0.1, 0.15) is 0 Å². The van der Waals surface area contributed by atoms with Gasteiger partial charge in [0.25, 0.3) is 0 Å². The molecule has 3 nitrogen and oxygen atoms in total. The number of hydrogen-bond acceptors (Lipinski definition) is 2. The highest BCUT2D eigenvalue weighted by Gasteiger charge is 2.59. The van der Waals surface area contributed by atoms with Gasteiger partial charge in [-0.25, -0.2) is 0 Å². The second-order valence-electron chi connectivity index (χ2n) is 8.12. The maximum absolute atomic E-state index is 13.2. The quantitative estimate of drug-likeness (QED) is 0.680. The number of alkyl halides is 6. The van der Waals surface area contributed by atoms with Crippen LogP contribution in [0.2, 0.25) is 0 Å². The van der Waals surface area contributed by atoms with Crippen LogP contribution in [0.1, 0.15) is 22.3 Å². The fourth-order valence-corrected chi connectivity index (χ4v) is 4.44. The van der Waals surface area contributed by atoms with Crippen molar-refractivity contribution in [2.75, 3.05) is 13.1 Å². The van der Waals surface area contributed by atoms with Crippen molar-refractivity contribution in [3.8, 4) is 0 Å². The van der Waals surface area contributed by atoms with Crippen LogP contribution >= 0.6 is 0 Å². The van der Waals surface area contributed by atoms with Crippen molar-refractivity contribution in [1.29, 1.82) is 0 Å². The van der Waals surface area contributed by atoms with Gasteiger partial charge in [-0.3, -0.25) is 9.69 Å². The number of fused-ring (bicyclic) bond motifs is 1. The van der Waals surface area contributed by atoms with Gasteiger partial charge in [0.2, 0.25) is 5.91 Å². The van der Waals surface area contributed by atoms with E-state index in [2.05, 4.69) is 10.2 Å². The topological polar surface area (TPSA) is 32.3 Å². The van der Waals surface area contributed by atoms with Crippen LogP contribution in [0.5, 0.6) is 0 Å². The molecule has 166 valence electrons. The van der Waals surface area contributed by atoms with Crippen LogP contribution in [-0.4, -0.2) is 23.9 Å². The minimum atomic E-state index is -4.95. The molecule has 0 spiro atoms. The lowest BCUT2D eigenvalue weighted by Crippen LogP contribution is -2.31. The largest absolute Gasteiger partial charge is 0.416 e. The summed E-state index contributed by atoms with van der Waals surface area (Å²) in [7, 11) is 0. The number of halogens is 6. The molecule has 2 fully saturated rings. The average molecular weight is 442 g/mol. The number of piperidine rings is 1. The number of likely N-dealkylation sites (tertiary alicyclic amines) is 1. The molecule has 2 aromatic carbocycles. The lowest BCUT2D eigenvalue weighted by molar-refractivity contribution is -0.143.